The van der Waals surface area contributed by atoms with Crippen molar-refractivity contribution in [3.63, 3.8) is 0 Å². The first-order valence-electron chi connectivity index (χ1n) is 9.58. The van der Waals surface area contributed by atoms with E-state index < -0.39 is 6.10 Å². The Morgan fingerprint density at radius 3 is 2.30 bits per heavy atom. The largest absolute Gasteiger partial charge is 0.497 e. The van der Waals surface area contributed by atoms with E-state index in [-0.39, 0.29) is 0 Å². The van der Waals surface area contributed by atoms with E-state index >= 15 is 0 Å². The van der Waals surface area contributed by atoms with Crippen molar-refractivity contribution < 1.29 is 14.6 Å². The van der Waals surface area contributed by atoms with Crippen molar-refractivity contribution in [3.8, 4) is 11.5 Å². The zero-order valence-electron chi connectivity index (χ0n) is 16.3. The quantitative estimate of drug-likeness (QED) is 0.774. The maximum Gasteiger partial charge on any atom is 0.122 e. The second kappa shape index (κ2) is 9.74. The van der Waals surface area contributed by atoms with Gasteiger partial charge in [0.2, 0.25) is 0 Å². The Labute approximate surface area is 162 Å². The molecule has 5 nitrogen and oxygen atoms in total. The van der Waals surface area contributed by atoms with Gasteiger partial charge in [0.15, 0.2) is 0 Å². The van der Waals surface area contributed by atoms with Gasteiger partial charge in [0.05, 0.1) is 7.11 Å². The van der Waals surface area contributed by atoms with Crippen molar-refractivity contribution in [1.82, 2.24) is 9.80 Å². The van der Waals surface area contributed by atoms with E-state index in [9.17, 15) is 5.11 Å². The summed E-state index contributed by atoms with van der Waals surface area (Å²) in [6.45, 7) is 7.92. The van der Waals surface area contributed by atoms with Gasteiger partial charge in [-0.1, -0.05) is 30.3 Å². The summed E-state index contributed by atoms with van der Waals surface area (Å²) in [4.78, 5) is 4.77. The zero-order valence-corrected chi connectivity index (χ0v) is 16.3. The van der Waals surface area contributed by atoms with Crippen molar-refractivity contribution in [2.24, 2.45) is 0 Å². The number of hydrogen-bond acceptors (Lipinski definition) is 5. The molecule has 1 aliphatic heterocycles. The standard InChI is InChI=1S/C22H30N2O3/c1-18-5-3-4-6-22(18)27-17-20(25)16-24-13-11-23(12-14-24)15-19-7-9-21(26-2)10-8-19/h3-10,20,25H,11-17H2,1-2H3. The summed E-state index contributed by atoms with van der Waals surface area (Å²) >= 11 is 0. The zero-order chi connectivity index (χ0) is 19.1. The maximum atomic E-state index is 10.3. The molecule has 27 heavy (non-hydrogen) atoms. The lowest BCUT2D eigenvalue weighted by atomic mass is 10.2. The van der Waals surface area contributed by atoms with Crippen molar-refractivity contribution in [3.05, 3.63) is 59.7 Å². The van der Waals surface area contributed by atoms with Crippen LogP contribution in [0, 0.1) is 6.92 Å². The van der Waals surface area contributed by atoms with E-state index in [0.29, 0.717) is 13.2 Å². The number of nitrogens with zero attached hydrogens (tertiary/aromatic N) is 2. The van der Waals surface area contributed by atoms with Crippen LogP contribution >= 0.6 is 0 Å². The highest BCUT2D eigenvalue weighted by Gasteiger charge is 2.19. The molecule has 0 aromatic heterocycles. The summed E-state index contributed by atoms with van der Waals surface area (Å²) in [5.74, 6) is 1.74. The number of aryl methyl sites for hydroxylation is 1. The molecule has 146 valence electrons. The number of aliphatic hydroxyl groups is 1. The van der Waals surface area contributed by atoms with Gasteiger partial charge >= 0.3 is 0 Å². The van der Waals surface area contributed by atoms with Crippen LogP contribution in [0.2, 0.25) is 0 Å². The van der Waals surface area contributed by atoms with Gasteiger partial charge in [-0.2, -0.15) is 0 Å². The molecular formula is C22H30N2O3. The van der Waals surface area contributed by atoms with E-state index in [1.165, 1.54) is 5.56 Å². The Hall–Kier alpha value is -2.08. The molecule has 5 heteroatoms. The first-order valence-corrected chi connectivity index (χ1v) is 9.58. The summed E-state index contributed by atoms with van der Waals surface area (Å²) in [6, 6.07) is 16.2. The van der Waals surface area contributed by atoms with Crippen LogP contribution in [0.15, 0.2) is 48.5 Å². The van der Waals surface area contributed by atoms with Gasteiger partial charge in [-0.05, 0) is 36.2 Å². The molecule has 2 aromatic rings. The van der Waals surface area contributed by atoms with Gasteiger partial charge in [-0.25, -0.2) is 0 Å². The molecule has 1 aliphatic rings. The summed E-state index contributed by atoms with van der Waals surface area (Å²) in [7, 11) is 1.69. The molecule has 3 rings (SSSR count). The van der Waals surface area contributed by atoms with Crippen LogP contribution < -0.4 is 9.47 Å². The van der Waals surface area contributed by atoms with E-state index in [1.807, 2.05) is 43.3 Å². The molecule has 1 fully saturated rings. The molecule has 1 heterocycles. The van der Waals surface area contributed by atoms with Crippen molar-refractivity contribution in [1.29, 1.82) is 0 Å². The van der Waals surface area contributed by atoms with Crippen LogP contribution in [-0.2, 0) is 6.54 Å². The smallest absolute Gasteiger partial charge is 0.122 e. The van der Waals surface area contributed by atoms with Gasteiger partial charge in [0, 0.05) is 39.3 Å². The number of methoxy groups -OCH3 is 1. The second-order valence-corrected chi connectivity index (χ2v) is 7.16. The average molecular weight is 370 g/mol. The number of rotatable bonds is 8. The van der Waals surface area contributed by atoms with Crippen LogP contribution in [0.25, 0.3) is 0 Å². The number of para-hydroxylation sites is 1. The Morgan fingerprint density at radius 2 is 1.63 bits per heavy atom. The van der Waals surface area contributed by atoms with Crippen LogP contribution in [-0.4, -0.2) is 67.5 Å². The highest BCUT2D eigenvalue weighted by Crippen LogP contribution is 2.17. The van der Waals surface area contributed by atoms with Gasteiger partial charge in [0.25, 0.3) is 0 Å². The van der Waals surface area contributed by atoms with Crippen molar-refractivity contribution in [2.75, 3.05) is 46.4 Å². The number of β-amino-alcohol motifs (C(OH)–C–C–N with tert-alkyl or cyclic N) is 1. The molecule has 1 N–H and O–H groups in total. The lowest BCUT2D eigenvalue weighted by Crippen LogP contribution is -2.48. The molecule has 0 radical (unpaired) electrons. The van der Waals surface area contributed by atoms with E-state index in [2.05, 4.69) is 21.9 Å². The monoisotopic (exact) mass is 370 g/mol. The van der Waals surface area contributed by atoms with Crippen LogP contribution in [0.5, 0.6) is 11.5 Å². The predicted octanol–water partition coefficient (Wildman–Crippen LogP) is 2.56. The topological polar surface area (TPSA) is 45.2 Å². The van der Waals surface area contributed by atoms with Crippen LogP contribution in [0.1, 0.15) is 11.1 Å². The fourth-order valence-electron chi connectivity index (χ4n) is 3.37. The number of hydrogen-bond donors (Lipinski definition) is 1. The fourth-order valence-corrected chi connectivity index (χ4v) is 3.37. The maximum absolute atomic E-state index is 10.3. The summed E-state index contributed by atoms with van der Waals surface area (Å²) < 4.78 is 11.0. The van der Waals surface area contributed by atoms with E-state index in [0.717, 1.165) is 49.8 Å². The lowest BCUT2D eigenvalue weighted by molar-refractivity contribution is 0.0445. The third-order valence-corrected chi connectivity index (χ3v) is 5.02. The molecule has 1 atom stereocenters. The molecular weight excluding hydrogens is 340 g/mol. The molecule has 0 spiro atoms. The Kier molecular flexibility index (Phi) is 7.10. The van der Waals surface area contributed by atoms with Gasteiger partial charge in [-0.3, -0.25) is 9.80 Å². The minimum Gasteiger partial charge on any atom is -0.497 e. The van der Waals surface area contributed by atoms with E-state index in [1.54, 1.807) is 7.11 Å². The highest BCUT2D eigenvalue weighted by molar-refractivity contribution is 5.31. The van der Waals surface area contributed by atoms with Crippen LogP contribution in [0.4, 0.5) is 0 Å². The molecule has 1 saturated heterocycles. The normalized spacial score (nSPS) is 16.9. The molecule has 0 amide bonds. The van der Waals surface area contributed by atoms with Gasteiger partial charge < -0.3 is 14.6 Å². The first kappa shape index (κ1) is 19.7. The van der Waals surface area contributed by atoms with Crippen molar-refractivity contribution in [2.45, 2.75) is 19.6 Å². The average Bonchev–Trinajstić information content (AvgIpc) is 2.69. The Bertz CT molecular complexity index is 697. The third-order valence-electron chi connectivity index (χ3n) is 5.02. The fraction of sp³-hybridized carbons (Fsp3) is 0.455. The molecule has 0 bridgehead atoms. The first-order chi connectivity index (χ1) is 13.1. The van der Waals surface area contributed by atoms with E-state index in [4.69, 9.17) is 9.47 Å². The predicted molar refractivity (Wildman–Crippen MR) is 107 cm³/mol. The Balaban J connectivity index is 1.37. The van der Waals surface area contributed by atoms with Crippen LogP contribution in [0.3, 0.4) is 0 Å². The summed E-state index contributed by atoms with van der Waals surface area (Å²) in [5, 5.41) is 10.3. The SMILES string of the molecule is COc1ccc(CN2CCN(CC(O)COc3ccccc3C)CC2)cc1. The summed E-state index contributed by atoms with van der Waals surface area (Å²) in [5.41, 5.74) is 2.40. The van der Waals surface area contributed by atoms with Gasteiger partial charge in [-0.15, -0.1) is 0 Å². The third kappa shape index (κ3) is 5.96. The highest BCUT2D eigenvalue weighted by atomic mass is 16.5. The minimum absolute atomic E-state index is 0.330. The second-order valence-electron chi connectivity index (χ2n) is 7.16. The van der Waals surface area contributed by atoms with Crippen molar-refractivity contribution >= 4 is 0 Å². The number of benzene rings is 2. The minimum atomic E-state index is -0.474. The molecule has 1 unspecified atom stereocenters. The number of aliphatic hydroxyl groups excluding tert-OH is 1. The molecule has 0 aliphatic carbocycles. The van der Waals surface area contributed by atoms with Gasteiger partial charge in [0.1, 0.15) is 24.2 Å². The molecule has 0 saturated carbocycles. The molecule has 2 aromatic carbocycles. The number of ether oxygens (including phenoxy) is 2. The lowest BCUT2D eigenvalue weighted by Gasteiger charge is -2.35. The Morgan fingerprint density at radius 1 is 0.963 bits per heavy atom. The number of piperazine rings is 1. The summed E-state index contributed by atoms with van der Waals surface area (Å²) in [6.07, 6.45) is -0.474.